The fourth-order valence-corrected chi connectivity index (χ4v) is 5.93. The quantitative estimate of drug-likeness (QED) is 0.467. The standard InChI is InChI=1S/C24H29N5OS2/c1-18(23(30)28-13-11-27(12-14-28)17-19-6-3-2-4-7-19)32-24-26-25-22(29(24)20-9-10-20)16-21-8-5-15-31-21/h2-8,15,18,20H,9-14,16-17H2,1H3. The molecule has 2 aromatic heterocycles. The molecule has 2 fully saturated rings. The molecule has 0 bridgehead atoms. The molecule has 1 aliphatic carbocycles. The highest BCUT2D eigenvalue weighted by Gasteiger charge is 2.32. The number of benzene rings is 1. The second-order valence-corrected chi connectivity index (χ2v) is 10.9. The van der Waals surface area contributed by atoms with E-state index >= 15 is 0 Å². The lowest BCUT2D eigenvalue weighted by Gasteiger charge is -2.35. The zero-order valence-corrected chi connectivity index (χ0v) is 20.0. The van der Waals surface area contributed by atoms with Crippen LogP contribution in [0.1, 0.15) is 42.1 Å². The highest BCUT2D eigenvalue weighted by atomic mass is 32.2. The molecule has 1 amide bonds. The Kier molecular flexibility index (Phi) is 6.62. The number of carbonyl (C=O) groups is 1. The number of hydrogen-bond donors (Lipinski definition) is 0. The lowest BCUT2D eigenvalue weighted by Crippen LogP contribution is -2.50. The van der Waals surface area contributed by atoms with Crippen molar-refractivity contribution < 1.29 is 4.79 Å². The molecule has 1 saturated heterocycles. The second-order valence-electron chi connectivity index (χ2n) is 8.60. The molecule has 8 heteroatoms. The summed E-state index contributed by atoms with van der Waals surface area (Å²) < 4.78 is 2.28. The van der Waals surface area contributed by atoms with Crippen LogP contribution in [-0.2, 0) is 17.8 Å². The topological polar surface area (TPSA) is 54.3 Å². The number of hydrogen-bond acceptors (Lipinski definition) is 6. The summed E-state index contributed by atoms with van der Waals surface area (Å²) in [4.78, 5) is 18.9. The number of rotatable bonds is 8. The Morgan fingerprint density at radius 1 is 1.09 bits per heavy atom. The van der Waals surface area contributed by atoms with Gasteiger partial charge in [-0.15, -0.1) is 21.5 Å². The van der Waals surface area contributed by atoms with Gasteiger partial charge >= 0.3 is 0 Å². The summed E-state index contributed by atoms with van der Waals surface area (Å²) in [5.41, 5.74) is 1.33. The van der Waals surface area contributed by atoms with Crippen molar-refractivity contribution >= 4 is 29.0 Å². The average Bonchev–Trinajstić information content (AvgIpc) is 3.37. The van der Waals surface area contributed by atoms with Crippen LogP contribution in [0.5, 0.6) is 0 Å². The maximum atomic E-state index is 13.2. The summed E-state index contributed by atoms with van der Waals surface area (Å²) in [7, 11) is 0. The first-order chi connectivity index (χ1) is 15.7. The van der Waals surface area contributed by atoms with E-state index in [-0.39, 0.29) is 11.2 Å². The van der Waals surface area contributed by atoms with Crippen molar-refractivity contribution in [3.8, 4) is 0 Å². The number of thioether (sulfide) groups is 1. The first-order valence-corrected chi connectivity index (χ1v) is 13.1. The molecule has 168 valence electrons. The molecule has 32 heavy (non-hydrogen) atoms. The van der Waals surface area contributed by atoms with E-state index in [0.717, 1.165) is 50.1 Å². The summed E-state index contributed by atoms with van der Waals surface area (Å²) >= 11 is 3.32. The molecule has 0 N–H and O–H groups in total. The fraction of sp³-hybridized carbons (Fsp3) is 0.458. The lowest BCUT2D eigenvalue weighted by molar-refractivity contribution is -0.132. The molecule has 1 atom stereocenters. The van der Waals surface area contributed by atoms with E-state index in [1.807, 2.05) is 17.9 Å². The predicted molar refractivity (Wildman–Crippen MR) is 129 cm³/mol. The van der Waals surface area contributed by atoms with Crippen LogP contribution in [0, 0.1) is 0 Å². The molecule has 1 aromatic carbocycles. The number of piperazine rings is 1. The van der Waals surface area contributed by atoms with Gasteiger partial charge in [-0.05, 0) is 36.8 Å². The number of nitrogens with zero attached hydrogens (tertiary/aromatic N) is 5. The van der Waals surface area contributed by atoms with E-state index in [1.54, 1.807) is 23.1 Å². The van der Waals surface area contributed by atoms with Gasteiger partial charge in [0.1, 0.15) is 5.82 Å². The maximum absolute atomic E-state index is 13.2. The smallest absolute Gasteiger partial charge is 0.235 e. The van der Waals surface area contributed by atoms with Crippen molar-refractivity contribution in [1.29, 1.82) is 0 Å². The van der Waals surface area contributed by atoms with Gasteiger partial charge in [-0.1, -0.05) is 48.2 Å². The summed E-state index contributed by atoms with van der Waals surface area (Å²) in [6, 6.07) is 15.3. The second kappa shape index (κ2) is 9.77. The highest BCUT2D eigenvalue weighted by Crippen LogP contribution is 2.40. The van der Waals surface area contributed by atoms with Crippen molar-refractivity contribution in [3.63, 3.8) is 0 Å². The number of aromatic nitrogens is 3. The summed E-state index contributed by atoms with van der Waals surface area (Å²) in [5, 5.41) is 11.8. The maximum Gasteiger partial charge on any atom is 0.235 e. The molecule has 6 nitrogen and oxygen atoms in total. The van der Waals surface area contributed by atoms with E-state index in [4.69, 9.17) is 0 Å². The SMILES string of the molecule is CC(Sc1nnc(Cc2cccs2)n1C1CC1)C(=O)N1CCN(Cc2ccccc2)CC1. The van der Waals surface area contributed by atoms with Gasteiger partial charge < -0.3 is 9.47 Å². The van der Waals surface area contributed by atoms with Crippen LogP contribution in [0.2, 0.25) is 0 Å². The van der Waals surface area contributed by atoms with Gasteiger partial charge in [-0.25, -0.2) is 0 Å². The Morgan fingerprint density at radius 3 is 2.56 bits per heavy atom. The first kappa shape index (κ1) is 21.7. The molecule has 1 saturated carbocycles. The van der Waals surface area contributed by atoms with Gasteiger partial charge in [0.25, 0.3) is 0 Å². The minimum atomic E-state index is -0.160. The summed E-state index contributed by atoms with van der Waals surface area (Å²) in [6.45, 7) is 6.37. The minimum Gasteiger partial charge on any atom is -0.339 e. The van der Waals surface area contributed by atoms with Gasteiger partial charge in [-0.2, -0.15) is 0 Å². The monoisotopic (exact) mass is 467 g/mol. The molecule has 3 aromatic rings. The van der Waals surface area contributed by atoms with E-state index in [1.165, 1.54) is 23.3 Å². The Bertz CT molecular complexity index is 1020. The third kappa shape index (κ3) is 5.08. The average molecular weight is 468 g/mol. The van der Waals surface area contributed by atoms with Crippen LogP contribution in [0.15, 0.2) is 53.0 Å². The first-order valence-electron chi connectivity index (χ1n) is 11.4. The van der Waals surface area contributed by atoms with Crippen LogP contribution < -0.4 is 0 Å². The van der Waals surface area contributed by atoms with Crippen molar-refractivity contribution in [2.24, 2.45) is 0 Å². The number of carbonyl (C=O) groups excluding carboxylic acids is 1. The third-order valence-electron chi connectivity index (χ3n) is 6.12. The van der Waals surface area contributed by atoms with E-state index < -0.39 is 0 Å². The van der Waals surface area contributed by atoms with Gasteiger partial charge in [0.05, 0.1) is 5.25 Å². The molecular weight excluding hydrogens is 438 g/mol. The summed E-state index contributed by atoms with van der Waals surface area (Å²) in [6.07, 6.45) is 3.16. The number of amides is 1. The largest absolute Gasteiger partial charge is 0.339 e. The zero-order chi connectivity index (χ0) is 21.9. The van der Waals surface area contributed by atoms with Gasteiger partial charge in [-0.3, -0.25) is 9.69 Å². The Hall–Kier alpha value is -2.16. The molecule has 0 radical (unpaired) electrons. The molecule has 5 rings (SSSR count). The third-order valence-corrected chi connectivity index (χ3v) is 8.04. The van der Waals surface area contributed by atoms with Crippen LogP contribution in [-0.4, -0.2) is 61.9 Å². The Labute approximate surface area is 197 Å². The minimum absolute atomic E-state index is 0.160. The van der Waals surface area contributed by atoms with Gasteiger partial charge in [0.15, 0.2) is 5.16 Å². The van der Waals surface area contributed by atoms with Crippen LogP contribution in [0.4, 0.5) is 0 Å². The lowest BCUT2D eigenvalue weighted by atomic mass is 10.2. The molecule has 3 heterocycles. The molecule has 1 aliphatic heterocycles. The van der Waals surface area contributed by atoms with Crippen LogP contribution >= 0.6 is 23.1 Å². The van der Waals surface area contributed by atoms with Gasteiger partial charge in [0, 0.05) is 50.1 Å². The molecule has 2 aliphatic rings. The normalized spacial score (nSPS) is 18.1. The zero-order valence-electron chi connectivity index (χ0n) is 18.4. The van der Waals surface area contributed by atoms with Crippen LogP contribution in [0.3, 0.4) is 0 Å². The Morgan fingerprint density at radius 2 is 1.88 bits per heavy atom. The summed E-state index contributed by atoms with van der Waals surface area (Å²) in [5.74, 6) is 1.23. The molecule has 0 spiro atoms. The van der Waals surface area contributed by atoms with Crippen molar-refractivity contribution in [2.75, 3.05) is 26.2 Å². The Balaban J connectivity index is 1.18. The van der Waals surface area contributed by atoms with E-state index in [9.17, 15) is 4.79 Å². The van der Waals surface area contributed by atoms with Crippen LogP contribution in [0.25, 0.3) is 0 Å². The van der Waals surface area contributed by atoms with Crippen molar-refractivity contribution in [3.05, 3.63) is 64.1 Å². The predicted octanol–water partition coefficient (Wildman–Crippen LogP) is 4.09. The van der Waals surface area contributed by atoms with Gasteiger partial charge in [0.2, 0.25) is 5.91 Å². The number of thiophene rings is 1. The van der Waals surface area contributed by atoms with Crippen molar-refractivity contribution in [2.45, 2.75) is 49.2 Å². The van der Waals surface area contributed by atoms with Crippen molar-refractivity contribution in [1.82, 2.24) is 24.6 Å². The fourth-order valence-electron chi connectivity index (χ4n) is 4.21. The van der Waals surface area contributed by atoms with E-state index in [0.29, 0.717) is 6.04 Å². The van der Waals surface area contributed by atoms with E-state index in [2.05, 4.69) is 61.4 Å². The molecule has 1 unspecified atom stereocenters. The highest BCUT2D eigenvalue weighted by molar-refractivity contribution is 8.00. The molecular formula is C24H29N5OS2.